The van der Waals surface area contributed by atoms with Crippen molar-refractivity contribution in [2.45, 2.75) is 25.4 Å². The number of para-hydroxylation sites is 1. The van der Waals surface area contributed by atoms with E-state index in [1.807, 2.05) is 12.1 Å². The summed E-state index contributed by atoms with van der Waals surface area (Å²) in [5, 5.41) is 0. The van der Waals surface area contributed by atoms with E-state index in [0.717, 1.165) is 25.0 Å². The van der Waals surface area contributed by atoms with Crippen molar-refractivity contribution in [3.8, 4) is 5.75 Å². The second kappa shape index (κ2) is 6.63. The van der Waals surface area contributed by atoms with E-state index in [9.17, 15) is 0 Å². The molecule has 1 aliphatic heterocycles. The van der Waals surface area contributed by atoms with Crippen LogP contribution in [0, 0.1) is 5.92 Å². The van der Waals surface area contributed by atoms with Crippen LogP contribution in [0.3, 0.4) is 0 Å². The summed E-state index contributed by atoms with van der Waals surface area (Å²) < 4.78 is 7.21. The second-order valence-electron chi connectivity index (χ2n) is 5.68. The Labute approximate surface area is 134 Å². The summed E-state index contributed by atoms with van der Waals surface area (Å²) in [5.41, 5.74) is 8.62. The summed E-state index contributed by atoms with van der Waals surface area (Å²) in [7, 11) is 0. The molecule has 2 aromatic carbocycles. The molecule has 110 valence electrons. The number of hydrogen-bond acceptors (Lipinski definition) is 2. The molecule has 1 aliphatic rings. The molecular formula is C18H20BrNO. The molecule has 0 aliphatic carbocycles. The predicted molar refractivity (Wildman–Crippen MR) is 89.6 cm³/mol. The first-order valence-electron chi connectivity index (χ1n) is 7.44. The third-order valence-corrected chi connectivity index (χ3v) is 4.88. The number of hydrogen-bond donors (Lipinski definition) is 1. The smallest absolute Gasteiger partial charge is 0.123 e. The standard InChI is InChI=1S/C18H20BrNO/c19-17-7-3-1-5-14(17)9-13(12-20)10-16-11-15-6-2-4-8-18(15)21-16/h1-8,13,16H,9-12,20H2. The number of nitrogens with two attached hydrogens (primary N) is 1. The Balaban J connectivity index is 1.63. The van der Waals surface area contributed by atoms with Crippen molar-refractivity contribution in [3.05, 3.63) is 64.1 Å². The van der Waals surface area contributed by atoms with Gasteiger partial charge in [-0.15, -0.1) is 0 Å². The first kappa shape index (κ1) is 14.6. The van der Waals surface area contributed by atoms with Crippen molar-refractivity contribution in [1.29, 1.82) is 0 Å². The molecule has 0 saturated carbocycles. The van der Waals surface area contributed by atoms with Crippen LogP contribution in [0.25, 0.3) is 0 Å². The largest absolute Gasteiger partial charge is 0.490 e. The van der Waals surface area contributed by atoms with E-state index in [4.69, 9.17) is 10.5 Å². The topological polar surface area (TPSA) is 35.2 Å². The Morgan fingerprint density at radius 2 is 1.90 bits per heavy atom. The van der Waals surface area contributed by atoms with Crippen LogP contribution in [0.2, 0.25) is 0 Å². The van der Waals surface area contributed by atoms with Gasteiger partial charge in [0.15, 0.2) is 0 Å². The minimum atomic E-state index is 0.262. The molecule has 3 heteroatoms. The van der Waals surface area contributed by atoms with Crippen LogP contribution in [0.15, 0.2) is 53.0 Å². The van der Waals surface area contributed by atoms with Crippen LogP contribution in [0.1, 0.15) is 17.5 Å². The number of ether oxygens (including phenoxy) is 1. The zero-order chi connectivity index (χ0) is 14.7. The van der Waals surface area contributed by atoms with Gasteiger partial charge in [-0.05, 0) is 48.6 Å². The second-order valence-corrected chi connectivity index (χ2v) is 6.54. The van der Waals surface area contributed by atoms with E-state index in [1.165, 1.54) is 15.6 Å². The minimum absolute atomic E-state index is 0.262. The highest BCUT2D eigenvalue weighted by Gasteiger charge is 2.25. The molecule has 0 saturated heterocycles. The number of benzene rings is 2. The number of fused-ring (bicyclic) bond motifs is 1. The fraction of sp³-hybridized carbons (Fsp3) is 0.333. The van der Waals surface area contributed by atoms with Gasteiger partial charge in [-0.3, -0.25) is 0 Å². The molecule has 2 nitrogen and oxygen atoms in total. The third-order valence-electron chi connectivity index (χ3n) is 4.11. The van der Waals surface area contributed by atoms with Gasteiger partial charge in [0.25, 0.3) is 0 Å². The Morgan fingerprint density at radius 3 is 2.67 bits per heavy atom. The van der Waals surface area contributed by atoms with Crippen molar-refractivity contribution < 1.29 is 4.74 Å². The molecule has 3 rings (SSSR count). The quantitative estimate of drug-likeness (QED) is 0.889. The van der Waals surface area contributed by atoms with Crippen molar-refractivity contribution in [1.82, 2.24) is 0 Å². The number of halogens is 1. The summed E-state index contributed by atoms with van der Waals surface area (Å²) >= 11 is 3.62. The lowest BCUT2D eigenvalue weighted by atomic mass is 9.92. The van der Waals surface area contributed by atoms with Crippen LogP contribution in [-0.2, 0) is 12.8 Å². The summed E-state index contributed by atoms with van der Waals surface area (Å²) in [4.78, 5) is 0. The Kier molecular flexibility index (Phi) is 4.61. The van der Waals surface area contributed by atoms with Gasteiger partial charge in [0.1, 0.15) is 11.9 Å². The molecule has 0 fully saturated rings. The molecule has 2 unspecified atom stereocenters. The van der Waals surface area contributed by atoms with Crippen LogP contribution >= 0.6 is 15.9 Å². The van der Waals surface area contributed by atoms with Gasteiger partial charge >= 0.3 is 0 Å². The van der Waals surface area contributed by atoms with Crippen molar-refractivity contribution in [2.24, 2.45) is 11.7 Å². The highest BCUT2D eigenvalue weighted by atomic mass is 79.9. The molecule has 21 heavy (non-hydrogen) atoms. The van der Waals surface area contributed by atoms with Crippen molar-refractivity contribution >= 4 is 15.9 Å². The third kappa shape index (κ3) is 3.47. The maximum absolute atomic E-state index is 6.04. The number of rotatable bonds is 5. The van der Waals surface area contributed by atoms with Gasteiger partial charge in [0.05, 0.1) is 0 Å². The van der Waals surface area contributed by atoms with Crippen LogP contribution in [0.5, 0.6) is 5.75 Å². The van der Waals surface area contributed by atoms with Crippen LogP contribution < -0.4 is 10.5 Å². The van der Waals surface area contributed by atoms with E-state index in [2.05, 4.69) is 52.3 Å². The van der Waals surface area contributed by atoms with Gasteiger partial charge in [-0.1, -0.05) is 52.3 Å². The average Bonchev–Trinajstić information content (AvgIpc) is 2.91. The van der Waals surface area contributed by atoms with Crippen LogP contribution in [-0.4, -0.2) is 12.6 Å². The molecule has 0 radical (unpaired) electrons. The lowest BCUT2D eigenvalue weighted by Crippen LogP contribution is -2.25. The average molecular weight is 346 g/mol. The van der Waals surface area contributed by atoms with Gasteiger partial charge in [0.2, 0.25) is 0 Å². The summed E-state index contributed by atoms with van der Waals surface area (Å²) in [6.07, 6.45) is 3.27. The molecule has 0 spiro atoms. The maximum atomic E-state index is 6.04. The molecule has 0 amide bonds. The minimum Gasteiger partial charge on any atom is -0.490 e. The Bertz CT molecular complexity index is 589. The van der Waals surface area contributed by atoms with Gasteiger partial charge in [-0.25, -0.2) is 0 Å². The molecular weight excluding hydrogens is 326 g/mol. The predicted octanol–water partition coefficient (Wildman–Crippen LogP) is 3.96. The lowest BCUT2D eigenvalue weighted by molar-refractivity contribution is 0.194. The van der Waals surface area contributed by atoms with E-state index in [-0.39, 0.29) is 6.10 Å². The lowest BCUT2D eigenvalue weighted by Gasteiger charge is -2.19. The molecule has 0 bridgehead atoms. The van der Waals surface area contributed by atoms with E-state index in [1.54, 1.807) is 0 Å². The van der Waals surface area contributed by atoms with Gasteiger partial charge in [-0.2, -0.15) is 0 Å². The molecule has 2 aromatic rings. The SMILES string of the molecule is NCC(Cc1ccccc1Br)CC1Cc2ccccc2O1. The molecule has 1 heterocycles. The molecule has 0 aromatic heterocycles. The molecule has 2 N–H and O–H groups in total. The summed E-state index contributed by atoms with van der Waals surface area (Å²) in [6.45, 7) is 0.692. The highest BCUT2D eigenvalue weighted by Crippen LogP contribution is 2.31. The van der Waals surface area contributed by atoms with E-state index in [0.29, 0.717) is 12.5 Å². The molecule has 2 atom stereocenters. The highest BCUT2D eigenvalue weighted by molar-refractivity contribution is 9.10. The Morgan fingerprint density at radius 1 is 1.14 bits per heavy atom. The zero-order valence-corrected chi connectivity index (χ0v) is 13.6. The van der Waals surface area contributed by atoms with E-state index >= 15 is 0 Å². The zero-order valence-electron chi connectivity index (χ0n) is 12.0. The summed E-state index contributed by atoms with van der Waals surface area (Å²) in [6, 6.07) is 16.7. The maximum Gasteiger partial charge on any atom is 0.123 e. The monoisotopic (exact) mass is 345 g/mol. The van der Waals surface area contributed by atoms with Crippen LogP contribution in [0.4, 0.5) is 0 Å². The fourth-order valence-electron chi connectivity index (χ4n) is 3.00. The van der Waals surface area contributed by atoms with Gasteiger partial charge < -0.3 is 10.5 Å². The first-order chi connectivity index (χ1) is 10.3. The first-order valence-corrected chi connectivity index (χ1v) is 8.23. The normalized spacial score (nSPS) is 18.1. The summed E-state index contributed by atoms with van der Waals surface area (Å²) in [5.74, 6) is 1.49. The Hall–Kier alpha value is -1.32. The van der Waals surface area contributed by atoms with Crippen molar-refractivity contribution in [3.63, 3.8) is 0 Å². The van der Waals surface area contributed by atoms with Crippen molar-refractivity contribution in [2.75, 3.05) is 6.54 Å². The van der Waals surface area contributed by atoms with Gasteiger partial charge in [0, 0.05) is 10.9 Å². The van der Waals surface area contributed by atoms with E-state index < -0.39 is 0 Å². The fourth-order valence-corrected chi connectivity index (χ4v) is 3.44.